The Morgan fingerprint density at radius 1 is 1.33 bits per heavy atom. The van der Waals surface area contributed by atoms with Gasteiger partial charge in [-0.05, 0) is 24.8 Å². The van der Waals surface area contributed by atoms with Crippen LogP contribution in [0.3, 0.4) is 0 Å². The summed E-state index contributed by atoms with van der Waals surface area (Å²) in [5.41, 5.74) is -0.850. The second kappa shape index (κ2) is 7.58. The van der Waals surface area contributed by atoms with Gasteiger partial charge in [0.2, 0.25) is 0 Å². The predicted molar refractivity (Wildman–Crippen MR) is 79.4 cm³/mol. The molecule has 0 aliphatic rings. The highest BCUT2D eigenvalue weighted by Crippen LogP contribution is 2.38. The third-order valence-corrected chi connectivity index (χ3v) is 3.70. The normalized spacial score (nSPS) is 14.6. The highest BCUT2D eigenvalue weighted by Gasteiger charge is 2.48. The lowest BCUT2D eigenvalue weighted by molar-refractivity contribution is -0.147. The van der Waals surface area contributed by atoms with E-state index < -0.39 is 11.4 Å². The number of rotatable bonds is 7. The molecule has 0 N–H and O–H groups in total. The van der Waals surface area contributed by atoms with E-state index in [1.165, 1.54) is 14.0 Å². The molecule has 1 rings (SSSR count). The number of benzene rings is 1. The molecule has 4 nitrogen and oxygen atoms in total. The maximum absolute atomic E-state index is 12.4. The van der Waals surface area contributed by atoms with E-state index in [1.54, 1.807) is 24.3 Å². The lowest BCUT2D eigenvalue weighted by Crippen LogP contribution is -2.43. The topological polar surface area (TPSA) is 67.2 Å². The monoisotopic (exact) mass is 287 g/mol. The van der Waals surface area contributed by atoms with Crippen molar-refractivity contribution < 1.29 is 14.3 Å². The summed E-state index contributed by atoms with van der Waals surface area (Å²) >= 11 is 0. The van der Waals surface area contributed by atoms with Gasteiger partial charge in [0.15, 0.2) is 5.41 Å². The van der Waals surface area contributed by atoms with Crippen molar-refractivity contribution in [3.63, 3.8) is 0 Å². The van der Waals surface area contributed by atoms with Crippen molar-refractivity contribution in [1.29, 1.82) is 5.26 Å². The van der Waals surface area contributed by atoms with Crippen LogP contribution < -0.4 is 0 Å². The molecule has 4 heteroatoms. The minimum Gasteiger partial charge on any atom is -0.468 e. The van der Waals surface area contributed by atoms with Gasteiger partial charge >= 0.3 is 5.97 Å². The number of ketones is 1. The first kappa shape index (κ1) is 16.9. The van der Waals surface area contributed by atoms with Gasteiger partial charge < -0.3 is 9.53 Å². The average Bonchev–Trinajstić information content (AvgIpc) is 2.49. The number of carbonyl (C=O) groups is 2. The first-order valence-electron chi connectivity index (χ1n) is 7.07. The molecule has 21 heavy (non-hydrogen) atoms. The van der Waals surface area contributed by atoms with Crippen molar-refractivity contribution in [2.75, 3.05) is 7.11 Å². The molecule has 1 aromatic carbocycles. The van der Waals surface area contributed by atoms with E-state index in [1.807, 2.05) is 13.0 Å². The zero-order valence-electron chi connectivity index (χ0n) is 12.8. The third-order valence-electron chi connectivity index (χ3n) is 3.70. The van der Waals surface area contributed by atoms with E-state index in [-0.39, 0.29) is 18.1 Å². The second-order valence-electron chi connectivity index (χ2n) is 5.17. The number of hydrogen-bond donors (Lipinski definition) is 0. The van der Waals surface area contributed by atoms with Gasteiger partial charge in [0.1, 0.15) is 5.78 Å². The van der Waals surface area contributed by atoms with Gasteiger partial charge in [-0.25, -0.2) is 4.79 Å². The molecule has 0 aliphatic heterocycles. The van der Waals surface area contributed by atoms with E-state index >= 15 is 0 Å². The van der Waals surface area contributed by atoms with E-state index in [2.05, 4.69) is 6.07 Å². The van der Waals surface area contributed by atoms with Crippen molar-refractivity contribution in [3.05, 3.63) is 35.9 Å². The third kappa shape index (κ3) is 3.49. The summed E-state index contributed by atoms with van der Waals surface area (Å²) in [6.07, 6.45) is 1.58. The zero-order valence-corrected chi connectivity index (χ0v) is 12.8. The van der Waals surface area contributed by atoms with Crippen molar-refractivity contribution in [3.8, 4) is 6.07 Å². The largest absolute Gasteiger partial charge is 0.468 e. The van der Waals surface area contributed by atoms with E-state index in [0.29, 0.717) is 12.0 Å². The predicted octanol–water partition coefficient (Wildman–Crippen LogP) is 3.02. The summed E-state index contributed by atoms with van der Waals surface area (Å²) < 4.78 is 4.90. The summed E-state index contributed by atoms with van der Waals surface area (Å²) in [6, 6.07) is 11.0. The molecule has 0 saturated carbocycles. The smallest absolute Gasteiger partial charge is 0.331 e. The molecule has 2 atom stereocenters. The maximum atomic E-state index is 12.4. The van der Waals surface area contributed by atoms with Crippen LogP contribution in [0, 0.1) is 17.2 Å². The van der Waals surface area contributed by atoms with Crippen LogP contribution in [0.5, 0.6) is 0 Å². The van der Waals surface area contributed by atoms with Crippen LogP contribution in [0.4, 0.5) is 0 Å². The minimum absolute atomic E-state index is 0.0343. The molecule has 0 spiro atoms. The van der Waals surface area contributed by atoms with Gasteiger partial charge in [-0.15, -0.1) is 0 Å². The number of carbonyl (C=O) groups excluding carboxylic acids is 2. The number of ether oxygens (including phenoxy) is 1. The molecule has 0 amide bonds. The van der Waals surface area contributed by atoms with Crippen LogP contribution in [0.25, 0.3) is 0 Å². The van der Waals surface area contributed by atoms with Crippen LogP contribution in [0.2, 0.25) is 0 Å². The summed E-state index contributed by atoms with van der Waals surface area (Å²) in [6.45, 7) is 3.45. The van der Waals surface area contributed by atoms with Crippen LogP contribution in [-0.4, -0.2) is 18.9 Å². The summed E-state index contributed by atoms with van der Waals surface area (Å²) in [5, 5.41) is 9.78. The van der Waals surface area contributed by atoms with Crippen molar-refractivity contribution in [2.24, 2.45) is 5.92 Å². The fraction of sp³-hybridized carbons (Fsp3) is 0.471. The maximum Gasteiger partial charge on any atom is 0.331 e. The quantitative estimate of drug-likeness (QED) is 0.723. The highest BCUT2D eigenvalue weighted by molar-refractivity contribution is 5.88. The Bertz CT molecular complexity index is 533. The molecule has 0 fully saturated rings. The van der Waals surface area contributed by atoms with E-state index in [0.717, 1.165) is 6.42 Å². The molecular weight excluding hydrogens is 266 g/mol. The van der Waals surface area contributed by atoms with E-state index in [4.69, 9.17) is 4.74 Å². The molecule has 112 valence electrons. The molecule has 0 heterocycles. The van der Waals surface area contributed by atoms with Gasteiger partial charge in [0, 0.05) is 6.42 Å². The molecule has 0 bridgehead atoms. The number of hydrogen-bond acceptors (Lipinski definition) is 4. The number of esters is 1. The summed E-state index contributed by atoms with van der Waals surface area (Å²) in [7, 11) is 1.27. The van der Waals surface area contributed by atoms with Crippen LogP contribution in [0.1, 0.15) is 38.7 Å². The average molecular weight is 287 g/mol. The minimum atomic E-state index is -1.43. The molecular formula is C17H21NO3. The number of nitriles is 1. The Hall–Kier alpha value is -2.15. The molecule has 0 aliphatic carbocycles. The fourth-order valence-electron chi connectivity index (χ4n) is 2.75. The number of methoxy groups -OCH3 is 1. The van der Waals surface area contributed by atoms with Crippen LogP contribution >= 0.6 is 0 Å². The number of nitrogens with zero attached hydrogens (tertiary/aromatic N) is 1. The lowest BCUT2D eigenvalue weighted by Gasteiger charge is -2.32. The van der Waals surface area contributed by atoms with Gasteiger partial charge in [-0.3, -0.25) is 0 Å². The van der Waals surface area contributed by atoms with E-state index in [9.17, 15) is 14.9 Å². The van der Waals surface area contributed by atoms with Crippen LogP contribution in [0.15, 0.2) is 30.3 Å². The van der Waals surface area contributed by atoms with Gasteiger partial charge in [0.05, 0.1) is 13.2 Å². The fourth-order valence-corrected chi connectivity index (χ4v) is 2.75. The Balaban J connectivity index is 3.45. The first-order chi connectivity index (χ1) is 10.0. The van der Waals surface area contributed by atoms with Gasteiger partial charge in [0.25, 0.3) is 0 Å². The molecule has 0 aromatic heterocycles. The highest BCUT2D eigenvalue weighted by atomic mass is 16.5. The molecule has 0 unspecified atom stereocenters. The molecule has 0 radical (unpaired) electrons. The van der Waals surface area contributed by atoms with Crippen molar-refractivity contribution in [2.45, 2.75) is 38.5 Å². The Kier molecular flexibility index (Phi) is 6.10. The summed E-state index contributed by atoms with van der Waals surface area (Å²) in [5.74, 6) is -1.02. The SMILES string of the molecule is CCC[C@@H](CC(C)=O)[C@@](C#N)(C(=O)OC)c1ccccc1. The van der Waals surface area contributed by atoms with Crippen molar-refractivity contribution >= 4 is 11.8 Å². The molecule has 0 saturated heterocycles. The number of Topliss-reactive ketones (excluding diaryl/α,β-unsaturated/α-hetero) is 1. The lowest BCUT2D eigenvalue weighted by atomic mass is 9.67. The van der Waals surface area contributed by atoms with Crippen LogP contribution in [-0.2, 0) is 19.7 Å². The summed E-state index contributed by atoms with van der Waals surface area (Å²) in [4.78, 5) is 24.0. The molecule has 1 aromatic rings. The Labute approximate surface area is 125 Å². The second-order valence-corrected chi connectivity index (χ2v) is 5.17. The Morgan fingerprint density at radius 3 is 2.38 bits per heavy atom. The zero-order chi connectivity index (χ0) is 15.9. The standard InChI is InChI=1S/C17H21NO3/c1-4-8-15(11-13(2)19)17(12-18,16(20)21-3)14-9-6-5-7-10-14/h5-7,9-10,15H,4,8,11H2,1-3H3/t15-,17-/m0/s1. The van der Waals surface area contributed by atoms with Crippen molar-refractivity contribution in [1.82, 2.24) is 0 Å². The Morgan fingerprint density at radius 2 is 1.95 bits per heavy atom. The van der Waals surface area contributed by atoms with Gasteiger partial charge in [-0.1, -0.05) is 43.7 Å². The van der Waals surface area contributed by atoms with Gasteiger partial charge in [-0.2, -0.15) is 5.26 Å². The first-order valence-corrected chi connectivity index (χ1v) is 7.07.